The first-order valence-electron chi connectivity index (χ1n) is 9.71. The molecule has 1 aliphatic rings. The summed E-state index contributed by atoms with van der Waals surface area (Å²) in [5, 5.41) is 0. The SMILES string of the molecule is O=C(c1ccco1)N1CCC(Cc2ccc(COc3cccnc3)cc2)CC1. The van der Waals surface area contributed by atoms with Crippen molar-refractivity contribution in [3.8, 4) is 5.75 Å². The first-order chi connectivity index (χ1) is 13.8. The van der Waals surface area contributed by atoms with Gasteiger partial charge in [0.1, 0.15) is 12.4 Å². The summed E-state index contributed by atoms with van der Waals surface area (Å²) in [4.78, 5) is 18.3. The Hall–Kier alpha value is -3.08. The second-order valence-corrected chi connectivity index (χ2v) is 7.21. The Balaban J connectivity index is 1.24. The number of aromatic nitrogens is 1. The third-order valence-corrected chi connectivity index (χ3v) is 5.22. The molecule has 5 nitrogen and oxygen atoms in total. The molecule has 0 bridgehead atoms. The van der Waals surface area contributed by atoms with Gasteiger partial charge in [-0.25, -0.2) is 0 Å². The Morgan fingerprint density at radius 3 is 2.54 bits per heavy atom. The summed E-state index contributed by atoms with van der Waals surface area (Å²) in [5.74, 6) is 1.82. The van der Waals surface area contributed by atoms with E-state index in [1.807, 2.05) is 17.0 Å². The molecule has 1 saturated heterocycles. The van der Waals surface area contributed by atoms with E-state index >= 15 is 0 Å². The number of hydrogen-bond acceptors (Lipinski definition) is 4. The van der Waals surface area contributed by atoms with E-state index in [1.54, 1.807) is 30.8 Å². The Bertz CT molecular complexity index is 868. The van der Waals surface area contributed by atoms with E-state index in [1.165, 1.54) is 5.56 Å². The maximum atomic E-state index is 12.3. The van der Waals surface area contributed by atoms with Crippen LogP contribution in [0, 0.1) is 5.92 Å². The number of carbonyl (C=O) groups excluding carboxylic acids is 1. The van der Waals surface area contributed by atoms with Gasteiger partial charge in [0.25, 0.3) is 5.91 Å². The quantitative estimate of drug-likeness (QED) is 0.642. The molecule has 1 fully saturated rings. The Kier molecular flexibility index (Phi) is 5.71. The van der Waals surface area contributed by atoms with E-state index in [4.69, 9.17) is 9.15 Å². The molecule has 0 aliphatic carbocycles. The van der Waals surface area contributed by atoms with Crippen LogP contribution in [0.4, 0.5) is 0 Å². The van der Waals surface area contributed by atoms with Crippen molar-refractivity contribution >= 4 is 5.91 Å². The van der Waals surface area contributed by atoms with Crippen LogP contribution in [-0.2, 0) is 13.0 Å². The van der Waals surface area contributed by atoms with Crippen LogP contribution in [0.5, 0.6) is 5.75 Å². The molecule has 0 spiro atoms. The summed E-state index contributed by atoms with van der Waals surface area (Å²) < 4.78 is 11.0. The minimum atomic E-state index is 0.00131. The third kappa shape index (κ3) is 4.60. The minimum Gasteiger partial charge on any atom is -0.487 e. The van der Waals surface area contributed by atoms with E-state index in [-0.39, 0.29) is 5.91 Å². The van der Waals surface area contributed by atoms with E-state index in [0.717, 1.165) is 43.7 Å². The molecule has 2 aromatic heterocycles. The van der Waals surface area contributed by atoms with Crippen molar-refractivity contribution < 1.29 is 13.9 Å². The van der Waals surface area contributed by atoms with Crippen molar-refractivity contribution in [2.75, 3.05) is 13.1 Å². The van der Waals surface area contributed by atoms with Gasteiger partial charge in [0.05, 0.1) is 12.5 Å². The van der Waals surface area contributed by atoms with E-state index in [0.29, 0.717) is 18.3 Å². The van der Waals surface area contributed by atoms with Gasteiger partial charge in [-0.3, -0.25) is 9.78 Å². The number of likely N-dealkylation sites (tertiary alicyclic amines) is 1. The lowest BCUT2D eigenvalue weighted by atomic mass is 9.90. The molecule has 5 heteroatoms. The Morgan fingerprint density at radius 1 is 1.07 bits per heavy atom. The smallest absolute Gasteiger partial charge is 0.289 e. The molecule has 28 heavy (non-hydrogen) atoms. The summed E-state index contributed by atoms with van der Waals surface area (Å²) in [6.45, 7) is 2.13. The molecule has 1 aliphatic heterocycles. The molecule has 3 heterocycles. The van der Waals surface area contributed by atoms with Gasteiger partial charge in [-0.15, -0.1) is 0 Å². The highest BCUT2D eigenvalue weighted by molar-refractivity contribution is 5.91. The van der Waals surface area contributed by atoms with Crippen molar-refractivity contribution in [3.63, 3.8) is 0 Å². The third-order valence-electron chi connectivity index (χ3n) is 5.22. The number of pyridine rings is 1. The fourth-order valence-corrected chi connectivity index (χ4v) is 3.60. The molecule has 0 radical (unpaired) electrons. The number of rotatable bonds is 6. The lowest BCUT2D eigenvalue weighted by molar-refractivity contribution is 0.0658. The molecular weight excluding hydrogens is 352 g/mol. The van der Waals surface area contributed by atoms with Gasteiger partial charge in [0.15, 0.2) is 5.76 Å². The van der Waals surface area contributed by atoms with Gasteiger partial charge in [0, 0.05) is 19.3 Å². The van der Waals surface area contributed by atoms with Crippen LogP contribution < -0.4 is 4.74 Å². The highest BCUT2D eigenvalue weighted by Gasteiger charge is 2.25. The zero-order valence-corrected chi connectivity index (χ0v) is 15.8. The summed E-state index contributed by atoms with van der Waals surface area (Å²) in [7, 11) is 0. The van der Waals surface area contributed by atoms with Gasteiger partial charge in [-0.05, 0) is 60.6 Å². The number of ether oxygens (including phenoxy) is 1. The van der Waals surface area contributed by atoms with E-state index in [2.05, 4.69) is 29.2 Å². The number of piperidine rings is 1. The van der Waals surface area contributed by atoms with Crippen LogP contribution >= 0.6 is 0 Å². The second kappa shape index (κ2) is 8.74. The van der Waals surface area contributed by atoms with Crippen molar-refractivity contribution in [2.45, 2.75) is 25.9 Å². The first-order valence-corrected chi connectivity index (χ1v) is 9.71. The molecule has 3 aromatic rings. The van der Waals surface area contributed by atoms with Crippen LogP contribution in [0.15, 0.2) is 71.6 Å². The van der Waals surface area contributed by atoms with Gasteiger partial charge in [0.2, 0.25) is 0 Å². The number of furan rings is 1. The Labute approximate surface area is 165 Å². The fourth-order valence-electron chi connectivity index (χ4n) is 3.60. The summed E-state index contributed by atoms with van der Waals surface area (Å²) >= 11 is 0. The highest BCUT2D eigenvalue weighted by atomic mass is 16.5. The molecule has 4 rings (SSSR count). The zero-order valence-electron chi connectivity index (χ0n) is 15.8. The van der Waals surface area contributed by atoms with Crippen molar-refractivity contribution in [1.82, 2.24) is 9.88 Å². The lowest BCUT2D eigenvalue weighted by Crippen LogP contribution is -2.38. The fraction of sp³-hybridized carbons (Fsp3) is 0.304. The highest BCUT2D eigenvalue weighted by Crippen LogP contribution is 2.23. The zero-order chi connectivity index (χ0) is 19.2. The van der Waals surface area contributed by atoms with Crippen LogP contribution in [0.3, 0.4) is 0 Å². The molecule has 1 aromatic carbocycles. The average molecular weight is 376 g/mol. The summed E-state index contributed by atoms with van der Waals surface area (Å²) in [6.07, 6.45) is 8.10. The van der Waals surface area contributed by atoms with E-state index < -0.39 is 0 Å². The first kappa shape index (κ1) is 18.3. The maximum absolute atomic E-state index is 12.3. The lowest BCUT2D eigenvalue weighted by Gasteiger charge is -2.31. The van der Waals surface area contributed by atoms with Crippen LogP contribution in [0.2, 0.25) is 0 Å². The predicted molar refractivity (Wildman–Crippen MR) is 106 cm³/mol. The topological polar surface area (TPSA) is 55.6 Å². The average Bonchev–Trinajstić information content (AvgIpc) is 3.29. The number of amides is 1. The number of hydrogen-bond donors (Lipinski definition) is 0. The molecule has 0 N–H and O–H groups in total. The van der Waals surface area contributed by atoms with Crippen molar-refractivity contribution in [3.05, 3.63) is 84.1 Å². The summed E-state index contributed by atoms with van der Waals surface area (Å²) in [5.41, 5.74) is 2.48. The van der Waals surface area contributed by atoms with Crippen molar-refractivity contribution in [1.29, 1.82) is 0 Å². The molecular formula is C23H24N2O3. The number of benzene rings is 1. The monoisotopic (exact) mass is 376 g/mol. The molecule has 144 valence electrons. The van der Waals surface area contributed by atoms with Gasteiger partial charge in [-0.1, -0.05) is 24.3 Å². The minimum absolute atomic E-state index is 0.00131. The largest absolute Gasteiger partial charge is 0.487 e. The van der Waals surface area contributed by atoms with Gasteiger partial charge in [-0.2, -0.15) is 0 Å². The van der Waals surface area contributed by atoms with Gasteiger partial charge >= 0.3 is 0 Å². The number of carbonyl (C=O) groups is 1. The Morgan fingerprint density at radius 2 is 1.86 bits per heavy atom. The standard InChI is InChI=1S/C23H24N2O3/c26-23(22-4-2-14-27-22)25-12-9-19(10-13-25)15-18-5-7-20(8-6-18)17-28-21-3-1-11-24-16-21/h1-8,11,14,16,19H,9-10,12-13,15,17H2. The second-order valence-electron chi connectivity index (χ2n) is 7.21. The maximum Gasteiger partial charge on any atom is 0.289 e. The molecule has 0 atom stereocenters. The molecule has 0 saturated carbocycles. The van der Waals surface area contributed by atoms with E-state index in [9.17, 15) is 4.79 Å². The van der Waals surface area contributed by atoms with Crippen LogP contribution in [-0.4, -0.2) is 28.9 Å². The molecule has 0 unspecified atom stereocenters. The number of nitrogens with zero attached hydrogens (tertiary/aromatic N) is 2. The van der Waals surface area contributed by atoms with Crippen LogP contribution in [0.1, 0.15) is 34.5 Å². The van der Waals surface area contributed by atoms with Crippen molar-refractivity contribution in [2.24, 2.45) is 5.92 Å². The normalized spacial score (nSPS) is 14.8. The predicted octanol–water partition coefficient (Wildman–Crippen LogP) is 4.35. The molecule has 1 amide bonds. The van der Waals surface area contributed by atoms with Gasteiger partial charge < -0.3 is 14.1 Å². The van der Waals surface area contributed by atoms with Crippen LogP contribution in [0.25, 0.3) is 0 Å². The summed E-state index contributed by atoms with van der Waals surface area (Å²) in [6, 6.07) is 15.9.